The number of halogens is 1. The highest BCUT2D eigenvalue weighted by molar-refractivity contribution is 6.30. The summed E-state index contributed by atoms with van der Waals surface area (Å²) >= 11 is 5.94. The van der Waals surface area contributed by atoms with Crippen molar-refractivity contribution in [3.8, 4) is 22.6 Å². The van der Waals surface area contributed by atoms with Crippen LogP contribution in [-0.4, -0.2) is 11.7 Å². The molecule has 0 aromatic heterocycles. The maximum atomic E-state index is 9.72. The summed E-state index contributed by atoms with van der Waals surface area (Å²) in [6.45, 7) is 8.73. The Hall–Kier alpha value is -1.67. The van der Waals surface area contributed by atoms with Gasteiger partial charge in [-0.05, 0) is 48.6 Å². The molecule has 25 heavy (non-hydrogen) atoms. The van der Waals surface area contributed by atoms with Gasteiger partial charge in [0, 0.05) is 16.7 Å². The average Bonchev–Trinajstić information content (AvgIpc) is 3.18. The van der Waals surface area contributed by atoms with Gasteiger partial charge in [-0.2, -0.15) is 0 Å². The molecule has 2 nitrogen and oxygen atoms in total. The lowest BCUT2D eigenvalue weighted by Crippen LogP contribution is -2.08. The number of hydrogen-bond acceptors (Lipinski definition) is 2. The molecular weight excluding hydrogens is 332 g/mol. The molecule has 0 amide bonds. The van der Waals surface area contributed by atoms with Crippen LogP contribution >= 0.6 is 11.6 Å². The van der Waals surface area contributed by atoms with Gasteiger partial charge in [-0.15, -0.1) is 0 Å². The molecule has 1 aliphatic carbocycles. The van der Waals surface area contributed by atoms with Gasteiger partial charge in [0.2, 0.25) is 0 Å². The van der Waals surface area contributed by atoms with Crippen LogP contribution in [0.15, 0.2) is 42.5 Å². The van der Waals surface area contributed by atoms with E-state index < -0.39 is 0 Å². The van der Waals surface area contributed by atoms with Crippen LogP contribution in [-0.2, 0) is 0 Å². The highest BCUT2D eigenvalue weighted by atomic mass is 35.5. The zero-order valence-corrected chi connectivity index (χ0v) is 16.6. The Morgan fingerprint density at radius 3 is 2.16 bits per heavy atom. The van der Waals surface area contributed by atoms with Crippen LogP contribution < -0.4 is 4.74 Å². The van der Waals surface area contributed by atoms with Crippen LogP contribution in [0.3, 0.4) is 0 Å². The van der Waals surface area contributed by atoms with Gasteiger partial charge < -0.3 is 9.84 Å². The lowest BCUT2D eigenvalue weighted by atomic mass is 10.0. The van der Waals surface area contributed by atoms with Crippen LogP contribution in [0.1, 0.15) is 53.4 Å². The third-order valence-electron chi connectivity index (χ3n) is 4.07. The van der Waals surface area contributed by atoms with Gasteiger partial charge in [-0.1, -0.05) is 64.3 Å². The second kappa shape index (κ2) is 11.8. The van der Waals surface area contributed by atoms with Gasteiger partial charge in [0.05, 0.1) is 6.61 Å². The molecule has 3 rings (SSSR count). The van der Waals surface area contributed by atoms with E-state index in [-0.39, 0.29) is 5.75 Å². The lowest BCUT2D eigenvalue weighted by Gasteiger charge is -2.15. The molecular formula is C22H31ClO2. The molecule has 1 saturated carbocycles. The van der Waals surface area contributed by atoms with Crippen molar-refractivity contribution in [2.75, 3.05) is 6.61 Å². The number of phenols is 1. The smallest absolute Gasteiger partial charge is 0.130 e. The molecule has 0 unspecified atom stereocenters. The van der Waals surface area contributed by atoms with Gasteiger partial charge in [-0.3, -0.25) is 0 Å². The van der Waals surface area contributed by atoms with Crippen molar-refractivity contribution in [1.82, 2.24) is 0 Å². The minimum atomic E-state index is 0.231. The maximum Gasteiger partial charge on any atom is 0.130 e. The molecule has 138 valence electrons. The summed E-state index contributed by atoms with van der Waals surface area (Å²) in [4.78, 5) is 0. The van der Waals surface area contributed by atoms with Crippen molar-refractivity contribution < 1.29 is 9.84 Å². The van der Waals surface area contributed by atoms with Crippen molar-refractivity contribution in [2.24, 2.45) is 5.92 Å². The van der Waals surface area contributed by atoms with Crippen LogP contribution in [0.4, 0.5) is 0 Å². The summed E-state index contributed by atoms with van der Waals surface area (Å²) in [5.74, 6) is 1.61. The van der Waals surface area contributed by atoms with Crippen molar-refractivity contribution >= 4 is 11.6 Å². The predicted molar refractivity (Wildman–Crippen MR) is 109 cm³/mol. The topological polar surface area (TPSA) is 29.5 Å². The largest absolute Gasteiger partial charge is 0.508 e. The Morgan fingerprint density at radius 2 is 1.56 bits per heavy atom. The molecule has 0 radical (unpaired) electrons. The molecule has 0 heterocycles. The van der Waals surface area contributed by atoms with Crippen molar-refractivity contribution in [1.29, 1.82) is 0 Å². The summed E-state index contributed by atoms with van der Waals surface area (Å²) in [6, 6.07) is 12.9. The molecule has 3 heteroatoms. The van der Waals surface area contributed by atoms with Crippen LogP contribution in [0.25, 0.3) is 11.1 Å². The summed E-state index contributed by atoms with van der Waals surface area (Å²) in [5, 5.41) is 10.4. The summed E-state index contributed by atoms with van der Waals surface area (Å²) in [7, 11) is 0. The molecule has 1 N–H and O–H groups in total. The van der Waals surface area contributed by atoms with Crippen molar-refractivity contribution in [3.05, 3.63) is 47.5 Å². The number of phenolic OH excluding ortho intramolecular Hbond substituents is 1. The van der Waals surface area contributed by atoms with Crippen molar-refractivity contribution in [3.63, 3.8) is 0 Å². The first-order valence-electron chi connectivity index (χ1n) is 9.44. The zero-order chi connectivity index (χ0) is 18.7. The van der Waals surface area contributed by atoms with Crippen molar-refractivity contribution in [2.45, 2.75) is 53.4 Å². The first-order valence-corrected chi connectivity index (χ1v) is 9.82. The number of benzene rings is 2. The number of aromatic hydroxyl groups is 1. The van der Waals surface area contributed by atoms with Gasteiger partial charge in [0.1, 0.15) is 11.5 Å². The quantitative estimate of drug-likeness (QED) is 0.616. The SMILES string of the molecule is CC.CC.Oc1ccc(-c2ccc(Cl)cc2)c(OCC2CCCC2)c1. The molecule has 0 spiro atoms. The summed E-state index contributed by atoms with van der Waals surface area (Å²) < 4.78 is 5.99. The highest BCUT2D eigenvalue weighted by Gasteiger charge is 2.17. The summed E-state index contributed by atoms with van der Waals surface area (Å²) in [6.07, 6.45) is 5.10. The first-order chi connectivity index (χ1) is 12.2. The van der Waals surface area contributed by atoms with Crippen LogP contribution in [0.2, 0.25) is 5.02 Å². The van der Waals surface area contributed by atoms with Gasteiger partial charge in [0.25, 0.3) is 0 Å². The fourth-order valence-corrected chi connectivity index (χ4v) is 3.01. The number of ether oxygens (including phenoxy) is 1. The molecule has 2 aromatic carbocycles. The lowest BCUT2D eigenvalue weighted by molar-refractivity contribution is 0.252. The molecule has 0 aliphatic heterocycles. The molecule has 0 bridgehead atoms. The van der Waals surface area contributed by atoms with Gasteiger partial charge in [-0.25, -0.2) is 0 Å². The van der Waals surface area contributed by atoms with E-state index in [1.54, 1.807) is 12.1 Å². The van der Waals surface area contributed by atoms with E-state index in [1.807, 2.05) is 58.0 Å². The van der Waals surface area contributed by atoms with E-state index >= 15 is 0 Å². The zero-order valence-electron chi connectivity index (χ0n) is 15.9. The third-order valence-corrected chi connectivity index (χ3v) is 4.32. The molecule has 2 aromatic rings. The minimum Gasteiger partial charge on any atom is -0.508 e. The Morgan fingerprint density at radius 1 is 0.960 bits per heavy atom. The Bertz CT molecular complexity index is 602. The molecule has 1 fully saturated rings. The molecule has 0 atom stereocenters. The standard InChI is InChI=1S/C18H19ClO2.2C2H6/c19-15-7-5-14(6-8-15)17-10-9-16(20)11-18(17)21-12-13-3-1-2-4-13;2*1-2/h5-11,13,20H,1-4,12H2;2*1-2H3. The average molecular weight is 363 g/mol. The first kappa shape index (κ1) is 21.4. The third kappa shape index (κ3) is 6.62. The Kier molecular flexibility index (Phi) is 10.1. The fourth-order valence-electron chi connectivity index (χ4n) is 2.88. The van der Waals surface area contributed by atoms with Crippen LogP contribution in [0, 0.1) is 5.92 Å². The minimum absolute atomic E-state index is 0.231. The Labute approximate surface area is 157 Å². The maximum absolute atomic E-state index is 9.72. The number of hydrogen-bond donors (Lipinski definition) is 1. The second-order valence-electron chi connectivity index (χ2n) is 5.65. The fraction of sp³-hybridized carbons (Fsp3) is 0.455. The van der Waals surface area contributed by atoms with Crippen LogP contribution in [0.5, 0.6) is 11.5 Å². The molecule has 0 saturated heterocycles. The number of rotatable bonds is 4. The van der Waals surface area contributed by atoms with E-state index in [1.165, 1.54) is 25.7 Å². The van der Waals surface area contributed by atoms with E-state index in [0.717, 1.165) is 23.5 Å². The van der Waals surface area contributed by atoms with Gasteiger partial charge >= 0.3 is 0 Å². The summed E-state index contributed by atoms with van der Waals surface area (Å²) in [5.41, 5.74) is 2.03. The Balaban J connectivity index is 0.000000730. The normalized spacial score (nSPS) is 13.3. The van der Waals surface area contributed by atoms with E-state index in [4.69, 9.17) is 16.3 Å². The van der Waals surface area contributed by atoms with E-state index in [2.05, 4.69) is 0 Å². The van der Waals surface area contributed by atoms with E-state index in [9.17, 15) is 5.11 Å². The molecule has 1 aliphatic rings. The van der Waals surface area contributed by atoms with Gasteiger partial charge in [0.15, 0.2) is 0 Å². The predicted octanol–water partition coefficient (Wildman–Crippen LogP) is 7.33. The monoisotopic (exact) mass is 362 g/mol. The second-order valence-corrected chi connectivity index (χ2v) is 6.09. The highest BCUT2D eigenvalue weighted by Crippen LogP contribution is 2.35. The van der Waals surface area contributed by atoms with E-state index in [0.29, 0.717) is 10.9 Å².